The van der Waals surface area contributed by atoms with Gasteiger partial charge in [-0.1, -0.05) is 13.8 Å². The van der Waals surface area contributed by atoms with Crippen molar-refractivity contribution in [2.45, 2.75) is 26.3 Å². The fraction of sp³-hybridized carbons (Fsp3) is 0.889. The molecule has 0 saturated heterocycles. The van der Waals surface area contributed by atoms with Crippen LogP contribution in [0.25, 0.3) is 0 Å². The first-order valence-corrected chi connectivity index (χ1v) is 4.94. The molecule has 0 unspecified atom stereocenters. The number of amides is 1. The first-order chi connectivity index (χ1) is 6.02. The van der Waals surface area contributed by atoms with E-state index in [1.54, 1.807) is 7.05 Å². The van der Waals surface area contributed by atoms with E-state index in [1.165, 1.54) is 0 Å². The summed E-state index contributed by atoms with van der Waals surface area (Å²) in [5, 5.41) is 2.71. The van der Waals surface area contributed by atoms with Gasteiger partial charge in [0.25, 0.3) is 0 Å². The monoisotopic (exact) mass is 184 g/mol. The van der Waals surface area contributed by atoms with Crippen LogP contribution in [0.1, 0.15) is 20.3 Å². The molecule has 4 heteroatoms. The van der Waals surface area contributed by atoms with Crippen molar-refractivity contribution in [2.75, 3.05) is 20.5 Å². The Morgan fingerprint density at radius 1 is 1.54 bits per heavy atom. The summed E-state index contributed by atoms with van der Waals surface area (Å²) in [5.41, 5.74) is 0. The summed E-state index contributed by atoms with van der Waals surface area (Å²) < 4.78 is 0. The SMILES string of the molecule is BCN(C)[C@@H](CC(C)C)C(=O)NC. The lowest BCUT2D eigenvalue weighted by molar-refractivity contribution is -0.125. The predicted molar refractivity (Wildman–Crippen MR) is 58.5 cm³/mol. The molecule has 0 aliphatic carbocycles. The number of carbonyl (C=O) groups excluding carboxylic acids is 1. The Labute approximate surface area is 82.3 Å². The summed E-state index contributed by atoms with van der Waals surface area (Å²) >= 11 is 0. The van der Waals surface area contributed by atoms with E-state index >= 15 is 0 Å². The molecule has 0 rings (SSSR count). The van der Waals surface area contributed by atoms with Crippen molar-refractivity contribution in [1.29, 1.82) is 0 Å². The number of nitrogens with one attached hydrogen (secondary N) is 1. The van der Waals surface area contributed by atoms with Crippen molar-refractivity contribution in [3.63, 3.8) is 0 Å². The van der Waals surface area contributed by atoms with Crippen LogP contribution in [0.3, 0.4) is 0 Å². The first-order valence-electron chi connectivity index (χ1n) is 4.94. The predicted octanol–water partition coefficient (Wildman–Crippen LogP) is -0.330. The normalized spacial score (nSPS) is 13.4. The third-order valence-electron chi connectivity index (χ3n) is 2.27. The summed E-state index contributed by atoms with van der Waals surface area (Å²) in [5.74, 6) is 0.675. The molecule has 0 aromatic rings. The maximum Gasteiger partial charge on any atom is 0.237 e. The van der Waals surface area contributed by atoms with Gasteiger partial charge in [0, 0.05) is 7.05 Å². The number of hydrogen-bond acceptors (Lipinski definition) is 2. The van der Waals surface area contributed by atoms with Crippen LogP contribution in [-0.2, 0) is 4.79 Å². The average molecular weight is 184 g/mol. The molecular weight excluding hydrogens is 163 g/mol. The van der Waals surface area contributed by atoms with E-state index in [0.717, 1.165) is 12.9 Å². The average Bonchev–Trinajstić information content (AvgIpc) is 2.11. The molecule has 1 atom stereocenters. The number of nitrogens with zero attached hydrogens (tertiary/aromatic N) is 1. The quantitative estimate of drug-likeness (QED) is 0.593. The summed E-state index contributed by atoms with van der Waals surface area (Å²) in [4.78, 5) is 13.6. The van der Waals surface area contributed by atoms with Gasteiger partial charge < -0.3 is 10.2 Å². The highest BCUT2D eigenvalue weighted by Crippen LogP contribution is 2.09. The Morgan fingerprint density at radius 3 is 2.38 bits per heavy atom. The Morgan fingerprint density at radius 2 is 2.08 bits per heavy atom. The summed E-state index contributed by atoms with van der Waals surface area (Å²) in [6, 6.07) is 0.0231. The Hall–Kier alpha value is -0.505. The van der Waals surface area contributed by atoms with Crippen LogP contribution in [0.4, 0.5) is 0 Å². The smallest absolute Gasteiger partial charge is 0.237 e. The third-order valence-corrected chi connectivity index (χ3v) is 2.27. The van der Waals surface area contributed by atoms with Gasteiger partial charge in [0.2, 0.25) is 5.91 Å². The van der Waals surface area contributed by atoms with Crippen LogP contribution >= 0.6 is 0 Å². The first kappa shape index (κ1) is 12.5. The number of rotatable bonds is 5. The van der Waals surface area contributed by atoms with E-state index in [0.29, 0.717) is 5.92 Å². The van der Waals surface area contributed by atoms with Crippen molar-refractivity contribution in [3.8, 4) is 0 Å². The zero-order valence-electron chi connectivity index (χ0n) is 9.42. The molecule has 3 nitrogen and oxygen atoms in total. The van der Waals surface area contributed by atoms with Crippen molar-refractivity contribution in [1.82, 2.24) is 10.2 Å². The van der Waals surface area contributed by atoms with E-state index in [9.17, 15) is 4.79 Å². The maximum absolute atomic E-state index is 11.5. The largest absolute Gasteiger partial charge is 0.358 e. The molecule has 0 aliphatic rings. The van der Waals surface area contributed by atoms with E-state index in [2.05, 4.69) is 31.9 Å². The molecule has 0 fully saturated rings. The maximum atomic E-state index is 11.5. The highest BCUT2D eigenvalue weighted by Gasteiger charge is 2.21. The fourth-order valence-corrected chi connectivity index (χ4v) is 1.32. The zero-order valence-corrected chi connectivity index (χ0v) is 9.42. The second-order valence-corrected chi connectivity index (χ2v) is 3.83. The van der Waals surface area contributed by atoms with Gasteiger partial charge in [-0.2, -0.15) is 0 Å². The lowest BCUT2D eigenvalue weighted by Crippen LogP contribution is -2.45. The minimum atomic E-state index is 0.0231. The standard InChI is InChI=1S/C9H21BN2O/c1-7(2)5-8(9(13)11-3)12(4)6-10/h7-8H,5-6,10H2,1-4H3,(H,11,13)/t8-/m0/s1. The van der Waals surface area contributed by atoms with Gasteiger partial charge >= 0.3 is 0 Å². The van der Waals surface area contributed by atoms with Gasteiger partial charge in [-0.25, -0.2) is 0 Å². The Balaban J connectivity index is 4.26. The molecule has 76 valence electrons. The van der Waals surface area contributed by atoms with Crippen molar-refractivity contribution < 1.29 is 4.79 Å². The van der Waals surface area contributed by atoms with Crippen LogP contribution in [0.5, 0.6) is 0 Å². The van der Waals surface area contributed by atoms with Crippen LogP contribution in [0.15, 0.2) is 0 Å². The molecule has 0 bridgehead atoms. The molecule has 1 amide bonds. The topological polar surface area (TPSA) is 32.3 Å². The summed E-state index contributed by atoms with van der Waals surface area (Å²) in [6.45, 7) is 4.28. The van der Waals surface area contributed by atoms with Gasteiger partial charge in [-0.05, 0) is 25.8 Å². The summed E-state index contributed by atoms with van der Waals surface area (Å²) in [6.07, 6.45) is 1.83. The molecule has 0 saturated carbocycles. The number of likely N-dealkylation sites (N-methyl/N-ethyl adjacent to an activating group) is 2. The molecule has 0 spiro atoms. The highest BCUT2D eigenvalue weighted by atomic mass is 16.2. The second-order valence-electron chi connectivity index (χ2n) is 3.83. The summed E-state index contributed by atoms with van der Waals surface area (Å²) in [7, 11) is 5.75. The molecule has 0 aromatic carbocycles. The molecule has 0 radical (unpaired) electrons. The van der Waals surface area contributed by atoms with Crippen LogP contribution in [0.2, 0.25) is 0 Å². The van der Waals surface area contributed by atoms with Crippen LogP contribution in [0, 0.1) is 5.92 Å². The second kappa shape index (κ2) is 6.03. The number of hydrogen-bond donors (Lipinski definition) is 1. The van der Waals surface area contributed by atoms with Gasteiger partial charge in [0.1, 0.15) is 7.85 Å². The molecule has 0 heterocycles. The van der Waals surface area contributed by atoms with Gasteiger partial charge in [-0.15, -0.1) is 0 Å². The third kappa shape index (κ3) is 4.32. The van der Waals surface area contributed by atoms with Gasteiger partial charge in [0.15, 0.2) is 0 Å². The van der Waals surface area contributed by atoms with Gasteiger partial charge in [-0.3, -0.25) is 4.79 Å². The molecule has 0 aromatic heterocycles. The van der Waals surface area contributed by atoms with Crippen LogP contribution < -0.4 is 5.32 Å². The van der Waals surface area contributed by atoms with E-state index in [4.69, 9.17) is 0 Å². The van der Waals surface area contributed by atoms with Crippen molar-refractivity contribution >= 4 is 13.8 Å². The molecular formula is C9H21BN2O. The van der Waals surface area contributed by atoms with Crippen LogP contribution in [-0.4, -0.2) is 45.2 Å². The zero-order chi connectivity index (χ0) is 10.4. The Bertz CT molecular complexity index is 162. The lowest BCUT2D eigenvalue weighted by atomic mass is 10.00. The van der Waals surface area contributed by atoms with E-state index < -0.39 is 0 Å². The van der Waals surface area contributed by atoms with E-state index in [-0.39, 0.29) is 11.9 Å². The fourth-order valence-electron chi connectivity index (χ4n) is 1.32. The highest BCUT2D eigenvalue weighted by molar-refractivity contribution is 6.08. The van der Waals surface area contributed by atoms with E-state index in [1.807, 2.05) is 7.05 Å². The minimum absolute atomic E-state index is 0.0231. The lowest BCUT2D eigenvalue weighted by Gasteiger charge is -2.26. The molecule has 13 heavy (non-hydrogen) atoms. The van der Waals surface area contributed by atoms with Crippen molar-refractivity contribution in [3.05, 3.63) is 0 Å². The van der Waals surface area contributed by atoms with Gasteiger partial charge in [0.05, 0.1) is 6.04 Å². The van der Waals surface area contributed by atoms with Crippen molar-refractivity contribution in [2.24, 2.45) is 5.92 Å². The Kier molecular flexibility index (Phi) is 5.79. The molecule has 1 N–H and O–H groups in total. The molecule has 0 aliphatic heterocycles. The minimum Gasteiger partial charge on any atom is -0.358 e. The number of carbonyl (C=O) groups is 1.